The summed E-state index contributed by atoms with van der Waals surface area (Å²) in [6.07, 6.45) is 5.62. The van der Waals surface area contributed by atoms with Crippen molar-refractivity contribution in [3.8, 4) is 11.5 Å². The summed E-state index contributed by atoms with van der Waals surface area (Å²) >= 11 is 0. The number of carbonyl (C=O) groups excluding carboxylic acids is 1. The lowest BCUT2D eigenvalue weighted by Crippen LogP contribution is -2.16. The van der Waals surface area contributed by atoms with E-state index >= 15 is 0 Å². The number of aryl methyl sites for hydroxylation is 1. The average Bonchev–Trinajstić information content (AvgIpc) is 3.38. The molecule has 152 valence electrons. The van der Waals surface area contributed by atoms with Crippen molar-refractivity contribution in [3.05, 3.63) is 71.7 Å². The maximum absolute atomic E-state index is 12.8. The minimum Gasteiger partial charge on any atom is -0.493 e. The van der Waals surface area contributed by atoms with E-state index in [1.54, 1.807) is 30.9 Å². The SMILES string of the molecule is COc1cc(/C=C/c2n[nH]c3ccccc23)c(NC(=O)c2cccn2C)cc1OC. The lowest BCUT2D eigenvalue weighted by molar-refractivity contribution is 0.101. The van der Waals surface area contributed by atoms with Gasteiger partial charge in [-0.25, -0.2) is 0 Å². The van der Waals surface area contributed by atoms with Crippen molar-refractivity contribution in [1.82, 2.24) is 14.8 Å². The highest BCUT2D eigenvalue weighted by Gasteiger charge is 2.15. The molecule has 30 heavy (non-hydrogen) atoms. The lowest BCUT2D eigenvalue weighted by Gasteiger charge is -2.14. The molecule has 2 N–H and O–H groups in total. The third-order valence-corrected chi connectivity index (χ3v) is 4.90. The van der Waals surface area contributed by atoms with Gasteiger partial charge in [0.05, 0.1) is 31.1 Å². The molecule has 7 nitrogen and oxygen atoms in total. The Morgan fingerprint density at radius 2 is 1.83 bits per heavy atom. The summed E-state index contributed by atoms with van der Waals surface area (Å²) in [5.41, 5.74) is 3.69. The maximum atomic E-state index is 12.8. The van der Waals surface area contributed by atoms with E-state index in [-0.39, 0.29) is 5.91 Å². The highest BCUT2D eigenvalue weighted by molar-refractivity contribution is 6.05. The van der Waals surface area contributed by atoms with Crippen LogP contribution >= 0.6 is 0 Å². The van der Waals surface area contributed by atoms with Gasteiger partial charge in [0.1, 0.15) is 5.69 Å². The molecule has 2 heterocycles. The number of nitrogens with zero attached hydrogens (tertiary/aromatic N) is 2. The molecule has 7 heteroatoms. The number of benzene rings is 2. The van der Waals surface area contributed by atoms with Gasteiger partial charge in [-0.1, -0.05) is 24.3 Å². The molecule has 0 saturated heterocycles. The van der Waals surface area contributed by atoms with Crippen molar-refractivity contribution >= 4 is 34.6 Å². The molecule has 0 bridgehead atoms. The molecule has 0 radical (unpaired) electrons. The normalized spacial score (nSPS) is 11.2. The number of carbonyl (C=O) groups is 1. The van der Waals surface area contributed by atoms with E-state index in [2.05, 4.69) is 15.5 Å². The van der Waals surface area contributed by atoms with E-state index in [9.17, 15) is 4.79 Å². The summed E-state index contributed by atoms with van der Waals surface area (Å²) in [7, 11) is 4.97. The zero-order chi connectivity index (χ0) is 21.1. The average molecular weight is 402 g/mol. The molecule has 2 aromatic carbocycles. The molecule has 0 aliphatic rings. The Balaban J connectivity index is 1.73. The van der Waals surface area contributed by atoms with Gasteiger partial charge in [0.25, 0.3) is 5.91 Å². The van der Waals surface area contributed by atoms with Crippen molar-refractivity contribution in [1.29, 1.82) is 0 Å². The van der Waals surface area contributed by atoms with Crippen LogP contribution in [0.4, 0.5) is 5.69 Å². The van der Waals surface area contributed by atoms with Crippen LogP contribution in [0.25, 0.3) is 23.1 Å². The Bertz CT molecular complexity index is 1240. The smallest absolute Gasteiger partial charge is 0.272 e. The van der Waals surface area contributed by atoms with Crippen LogP contribution in [0.5, 0.6) is 11.5 Å². The van der Waals surface area contributed by atoms with Gasteiger partial charge in [-0.15, -0.1) is 0 Å². The molecule has 0 spiro atoms. The van der Waals surface area contributed by atoms with Crippen LogP contribution in [-0.2, 0) is 7.05 Å². The standard InChI is InChI=1S/C23H22N4O3/c1-27-12-6-9-20(27)23(28)24-19-14-22(30-3)21(29-2)13-15(19)10-11-18-16-7-4-5-8-17(16)25-26-18/h4-14H,1-3H3,(H,24,28)(H,25,26)/b11-10+. The minimum absolute atomic E-state index is 0.213. The third kappa shape index (κ3) is 3.65. The molecule has 0 fully saturated rings. The van der Waals surface area contributed by atoms with E-state index in [0.717, 1.165) is 22.2 Å². The van der Waals surface area contributed by atoms with Gasteiger partial charge in [-0.05, 0) is 30.3 Å². The molecule has 4 aromatic rings. The number of rotatable bonds is 6. The highest BCUT2D eigenvalue weighted by Crippen LogP contribution is 2.34. The number of amides is 1. The van der Waals surface area contributed by atoms with Gasteiger partial charge in [0.2, 0.25) is 0 Å². The van der Waals surface area contributed by atoms with E-state index < -0.39 is 0 Å². The molecule has 0 saturated carbocycles. The number of hydrogen-bond acceptors (Lipinski definition) is 4. The molecule has 0 aliphatic carbocycles. The number of aromatic amines is 1. The van der Waals surface area contributed by atoms with Crippen LogP contribution < -0.4 is 14.8 Å². The summed E-state index contributed by atoms with van der Waals surface area (Å²) in [6.45, 7) is 0. The summed E-state index contributed by atoms with van der Waals surface area (Å²) in [5.74, 6) is 0.887. The number of H-pyrrole nitrogens is 1. The van der Waals surface area contributed by atoms with Gasteiger partial charge in [0, 0.05) is 30.3 Å². The molecular formula is C23H22N4O3. The van der Waals surface area contributed by atoms with Crippen molar-refractivity contribution in [2.75, 3.05) is 19.5 Å². The van der Waals surface area contributed by atoms with Crippen LogP contribution in [0.2, 0.25) is 0 Å². The molecule has 0 atom stereocenters. The first-order valence-corrected chi connectivity index (χ1v) is 9.40. The van der Waals surface area contributed by atoms with Crippen molar-refractivity contribution in [2.45, 2.75) is 0 Å². The molecule has 2 aromatic heterocycles. The number of methoxy groups -OCH3 is 2. The number of hydrogen-bond donors (Lipinski definition) is 2. The highest BCUT2D eigenvalue weighted by atomic mass is 16.5. The maximum Gasteiger partial charge on any atom is 0.272 e. The quantitative estimate of drug-likeness (QED) is 0.503. The monoisotopic (exact) mass is 402 g/mol. The third-order valence-electron chi connectivity index (χ3n) is 4.90. The number of anilines is 1. The molecule has 1 amide bonds. The summed E-state index contributed by atoms with van der Waals surface area (Å²) in [4.78, 5) is 12.8. The van der Waals surface area contributed by atoms with E-state index in [0.29, 0.717) is 22.9 Å². The topological polar surface area (TPSA) is 81.2 Å². The summed E-state index contributed by atoms with van der Waals surface area (Å²) < 4.78 is 12.6. The molecular weight excluding hydrogens is 380 g/mol. The first-order valence-electron chi connectivity index (χ1n) is 9.40. The number of para-hydroxylation sites is 1. The fraction of sp³-hybridized carbons (Fsp3) is 0.130. The van der Waals surface area contributed by atoms with Gasteiger partial charge < -0.3 is 19.4 Å². The number of aromatic nitrogens is 3. The first-order chi connectivity index (χ1) is 14.6. The predicted molar refractivity (Wildman–Crippen MR) is 118 cm³/mol. The van der Waals surface area contributed by atoms with Gasteiger partial charge >= 0.3 is 0 Å². The van der Waals surface area contributed by atoms with Crippen LogP contribution in [0, 0.1) is 0 Å². The Kier molecular flexibility index (Phi) is 5.26. The number of nitrogens with one attached hydrogen (secondary N) is 2. The van der Waals surface area contributed by atoms with E-state index in [4.69, 9.17) is 9.47 Å². The lowest BCUT2D eigenvalue weighted by atomic mass is 10.1. The Labute approximate surface area is 173 Å². The summed E-state index contributed by atoms with van der Waals surface area (Å²) in [6, 6.07) is 15.1. The Hall–Kier alpha value is -4.00. The fourth-order valence-corrected chi connectivity index (χ4v) is 3.30. The molecule has 4 rings (SSSR count). The van der Waals surface area contributed by atoms with E-state index in [1.165, 1.54) is 0 Å². The first kappa shape index (κ1) is 19.3. The molecule has 0 unspecified atom stereocenters. The van der Waals surface area contributed by atoms with Crippen LogP contribution in [0.1, 0.15) is 21.7 Å². The van der Waals surface area contributed by atoms with Gasteiger partial charge in [-0.3, -0.25) is 9.89 Å². The van der Waals surface area contributed by atoms with Crippen molar-refractivity contribution < 1.29 is 14.3 Å². The van der Waals surface area contributed by atoms with E-state index in [1.807, 2.05) is 61.8 Å². The molecule has 0 aliphatic heterocycles. The van der Waals surface area contributed by atoms with Crippen LogP contribution in [0.15, 0.2) is 54.7 Å². The zero-order valence-corrected chi connectivity index (χ0v) is 17.0. The second-order valence-corrected chi connectivity index (χ2v) is 6.74. The Morgan fingerprint density at radius 1 is 1.07 bits per heavy atom. The van der Waals surface area contributed by atoms with Crippen molar-refractivity contribution in [3.63, 3.8) is 0 Å². The van der Waals surface area contributed by atoms with Gasteiger partial charge in [0.15, 0.2) is 11.5 Å². The van der Waals surface area contributed by atoms with Crippen LogP contribution in [-0.4, -0.2) is 34.9 Å². The zero-order valence-electron chi connectivity index (χ0n) is 17.0. The Morgan fingerprint density at radius 3 is 2.57 bits per heavy atom. The minimum atomic E-state index is -0.213. The number of fused-ring (bicyclic) bond motifs is 1. The second kappa shape index (κ2) is 8.16. The largest absolute Gasteiger partial charge is 0.493 e. The summed E-state index contributed by atoms with van der Waals surface area (Å²) in [5, 5.41) is 11.4. The predicted octanol–water partition coefficient (Wildman–Crippen LogP) is 4.34. The number of ether oxygens (including phenoxy) is 2. The van der Waals surface area contributed by atoms with Crippen molar-refractivity contribution in [2.24, 2.45) is 7.05 Å². The second-order valence-electron chi connectivity index (χ2n) is 6.74. The fourth-order valence-electron chi connectivity index (χ4n) is 3.30. The van der Waals surface area contributed by atoms with Crippen LogP contribution in [0.3, 0.4) is 0 Å². The van der Waals surface area contributed by atoms with Gasteiger partial charge in [-0.2, -0.15) is 5.10 Å².